The summed E-state index contributed by atoms with van der Waals surface area (Å²) >= 11 is 0. The van der Waals surface area contributed by atoms with E-state index < -0.39 is 42.3 Å². The lowest BCUT2D eigenvalue weighted by atomic mass is 9.93. The van der Waals surface area contributed by atoms with Crippen molar-refractivity contribution in [1.82, 2.24) is 9.88 Å². The van der Waals surface area contributed by atoms with Crippen LogP contribution in [0, 0.1) is 0 Å². The van der Waals surface area contributed by atoms with Crippen LogP contribution in [0.3, 0.4) is 0 Å². The molecule has 0 aromatic carbocycles. The molecule has 1 amide bonds. The van der Waals surface area contributed by atoms with E-state index in [1.54, 1.807) is 6.20 Å². The predicted octanol–water partition coefficient (Wildman–Crippen LogP) is 2.53. The molecule has 0 bridgehead atoms. The van der Waals surface area contributed by atoms with Crippen molar-refractivity contribution in [2.45, 2.75) is 95.3 Å². The van der Waals surface area contributed by atoms with Crippen LogP contribution >= 0.6 is 0 Å². The van der Waals surface area contributed by atoms with Gasteiger partial charge in [-0.15, -0.1) is 0 Å². The van der Waals surface area contributed by atoms with E-state index in [-0.39, 0.29) is 11.9 Å². The number of likely N-dealkylation sites (tertiary alicyclic amines) is 1. The number of piperidine rings is 1. The van der Waals surface area contributed by atoms with Crippen molar-refractivity contribution in [2.75, 3.05) is 6.54 Å². The molecule has 1 aromatic heterocycles. The average Bonchev–Trinajstić information content (AvgIpc) is 3.21. The highest BCUT2D eigenvalue weighted by Crippen LogP contribution is 2.45. The van der Waals surface area contributed by atoms with Crippen molar-refractivity contribution in [3.05, 3.63) is 30.1 Å². The van der Waals surface area contributed by atoms with Crippen LogP contribution in [-0.2, 0) is 28.5 Å². The van der Waals surface area contributed by atoms with E-state index in [0.717, 1.165) is 24.8 Å². The Hall–Kier alpha value is -1.58. The summed E-state index contributed by atoms with van der Waals surface area (Å²) in [5.74, 6) is -1.73. The standard InChI is InChI=1S/C22H30N2O6/c1-21(2)27-15-16(28-21)18-20(30-22(3,4)29-18)26-17(15)19(25)24-11-6-5-9-14(24)13-8-7-10-23-12-13/h7-8,10,12,14-18,20H,5-6,9,11H2,1-4H3/t14-,15-,16-,17-,18-,20+/m1/s1. The van der Waals surface area contributed by atoms with Crippen molar-refractivity contribution in [1.29, 1.82) is 0 Å². The van der Waals surface area contributed by atoms with E-state index in [4.69, 9.17) is 23.7 Å². The Kier molecular flexibility index (Phi) is 4.91. The van der Waals surface area contributed by atoms with Gasteiger partial charge in [0.2, 0.25) is 0 Å². The summed E-state index contributed by atoms with van der Waals surface area (Å²) in [6, 6.07) is 3.91. The van der Waals surface area contributed by atoms with E-state index in [2.05, 4.69) is 4.98 Å². The maximum Gasteiger partial charge on any atom is 0.255 e. The molecule has 30 heavy (non-hydrogen) atoms. The number of aromatic nitrogens is 1. The Morgan fingerprint density at radius 3 is 2.53 bits per heavy atom. The van der Waals surface area contributed by atoms with Gasteiger partial charge < -0.3 is 28.6 Å². The number of rotatable bonds is 2. The molecule has 1 aromatic rings. The van der Waals surface area contributed by atoms with Gasteiger partial charge in [0, 0.05) is 18.9 Å². The molecule has 0 spiro atoms. The Bertz CT molecular complexity index is 800. The van der Waals surface area contributed by atoms with E-state index in [1.807, 2.05) is 50.9 Å². The largest absolute Gasteiger partial charge is 0.342 e. The molecule has 4 aliphatic heterocycles. The number of amides is 1. The summed E-state index contributed by atoms with van der Waals surface area (Å²) in [6.07, 6.45) is 3.62. The van der Waals surface area contributed by atoms with Crippen LogP contribution in [-0.4, -0.2) is 64.6 Å². The fraction of sp³-hybridized carbons (Fsp3) is 0.727. The normalized spacial score (nSPS) is 39.4. The van der Waals surface area contributed by atoms with Gasteiger partial charge in [-0.25, -0.2) is 0 Å². The number of hydrogen-bond donors (Lipinski definition) is 0. The van der Waals surface area contributed by atoms with Crippen molar-refractivity contribution < 1.29 is 28.5 Å². The number of carbonyl (C=O) groups excluding carboxylic acids is 1. The van der Waals surface area contributed by atoms with E-state index in [0.29, 0.717) is 6.54 Å². The maximum atomic E-state index is 13.8. The number of pyridine rings is 1. The fourth-order valence-corrected chi connectivity index (χ4v) is 5.09. The minimum Gasteiger partial charge on any atom is -0.342 e. The molecule has 5 rings (SSSR count). The molecule has 0 radical (unpaired) electrons. The lowest BCUT2D eigenvalue weighted by Gasteiger charge is -2.42. The number of nitrogens with zero attached hydrogens (tertiary/aromatic N) is 2. The molecule has 4 aliphatic rings. The SMILES string of the molecule is CC1(C)O[C@@H]2[C@@H](O1)[C@H](C(=O)N1CCCC[C@@H]1c1cccnc1)O[C@H]1OC(C)(C)O[C@@H]12. The van der Waals surface area contributed by atoms with Crippen molar-refractivity contribution in [3.8, 4) is 0 Å². The molecular formula is C22H30N2O6. The zero-order valence-electron chi connectivity index (χ0n) is 17.9. The molecule has 4 fully saturated rings. The molecule has 8 nitrogen and oxygen atoms in total. The first-order valence-corrected chi connectivity index (χ1v) is 10.8. The minimum atomic E-state index is -0.827. The maximum absolute atomic E-state index is 13.8. The third kappa shape index (κ3) is 3.54. The van der Waals surface area contributed by atoms with Crippen LogP contribution in [0.15, 0.2) is 24.5 Å². The zero-order chi connectivity index (χ0) is 21.1. The van der Waals surface area contributed by atoms with E-state index >= 15 is 0 Å². The van der Waals surface area contributed by atoms with Crippen molar-refractivity contribution >= 4 is 5.91 Å². The van der Waals surface area contributed by atoms with E-state index in [9.17, 15) is 4.79 Å². The van der Waals surface area contributed by atoms with Gasteiger partial charge in [-0.2, -0.15) is 0 Å². The molecule has 5 heterocycles. The summed E-state index contributed by atoms with van der Waals surface area (Å²) in [5, 5.41) is 0. The van der Waals surface area contributed by atoms with Gasteiger partial charge in [0.15, 0.2) is 24.0 Å². The van der Waals surface area contributed by atoms with Crippen LogP contribution in [0.1, 0.15) is 58.6 Å². The number of fused-ring (bicyclic) bond motifs is 3. The fourth-order valence-electron chi connectivity index (χ4n) is 5.09. The zero-order valence-corrected chi connectivity index (χ0v) is 17.9. The number of ether oxygens (including phenoxy) is 5. The Morgan fingerprint density at radius 2 is 1.77 bits per heavy atom. The Labute approximate surface area is 176 Å². The monoisotopic (exact) mass is 418 g/mol. The van der Waals surface area contributed by atoms with Gasteiger partial charge in [-0.05, 0) is 58.6 Å². The lowest BCUT2D eigenvalue weighted by molar-refractivity contribution is -0.235. The van der Waals surface area contributed by atoms with Gasteiger partial charge in [0.05, 0.1) is 6.04 Å². The molecule has 8 heteroatoms. The highest BCUT2D eigenvalue weighted by molar-refractivity contribution is 5.82. The lowest BCUT2D eigenvalue weighted by Crippen LogP contribution is -2.60. The molecule has 164 valence electrons. The molecule has 0 unspecified atom stereocenters. The molecule has 0 N–H and O–H groups in total. The number of carbonyl (C=O) groups is 1. The summed E-state index contributed by atoms with van der Waals surface area (Å²) in [4.78, 5) is 20.0. The minimum absolute atomic E-state index is 0.0211. The molecule has 6 atom stereocenters. The second-order valence-electron chi connectivity index (χ2n) is 9.42. The smallest absolute Gasteiger partial charge is 0.255 e. The first kappa shape index (κ1) is 20.3. The molecule has 0 saturated carbocycles. The molecule has 4 saturated heterocycles. The Morgan fingerprint density at radius 1 is 1.03 bits per heavy atom. The highest BCUT2D eigenvalue weighted by Gasteiger charge is 2.62. The van der Waals surface area contributed by atoms with E-state index in [1.165, 1.54) is 0 Å². The van der Waals surface area contributed by atoms with Gasteiger partial charge in [0.1, 0.15) is 18.3 Å². The van der Waals surface area contributed by atoms with Crippen LogP contribution in [0.2, 0.25) is 0 Å². The van der Waals surface area contributed by atoms with Gasteiger partial charge in [0.25, 0.3) is 5.91 Å². The first-order chi connectivity index (χ1) is 14.2. The van der Waals surface area contributed by atoms with Crippen LogP contribution in [0.25, 0.3) is 0 Å². The molecule has 0 aliphatic carbocycles. The van der Waals surface area contributed by atoms with Gasteiger partial charge in [-0.3, -0.25) is 9.78 Å². The van der Waals surface area contributed by atoms with Crippen molar-refractivity contribution in [2.24, 2.45) is 0 Å². The predicted molar refractivity (Wildman–Crippen MR) is 105 cm³/mol. The summed E-state index contributed by atoms with van der Waals surface area (Å²) in [6.45, 7) is 8.05. The van der Waals surface area contributed by atoms with Crippen LogP contribution in [0.5, 0.6) is 0 Å². The molecular weight excluding hydrogens is 388 g/mol. The second kappa shape index (κ2) is 7.24. The summed E-state index contributed by atoms with van der Waals surface area (Å²) < 4.78 is 30.5. The third-order valence-corrected chi connectivity index (χ3v) is 6.25. The Balaban J connectivity index is 1.44. The van der Waals surface area contributed by atoms with Gasteiger partial charge >= 0.3 is 0 Å². The highest BCUT2D eigenvalue weighted by atomic mass is 16.9. The summed E-state index contributed by atoms with van der Waals surface area (Å²) in [7, 11) is 0. The van der Waals surface area contributed by atoms with Crippen LogP contribution in [0.4, 0.5) is 0 Å². The quantitative estimate of drug-likeness (QED) is 0.730. The first-order valence-electron chi connectivity index (χ1n) is 10.8. The second-order valence-corrected chi connectivity index (χ2v) is 9.42. The third-order valence-electron chi connectivity index (χ3n) is 6.25. The summed E-state index contributed by atoms with van der Waals surface area (Å²) in [5.41, 5.74) is 1.04. The number of hydrogen-bond acceptors (Lipinski definition) is 7. The topological polar surface area (TPSA) is 79.4 Å². The van der Waals surface area contributed by atoms with Crippen molar-refractivity contribution in [3.63, 3.8) is 0 Å². The van der Waals surface area contributed by atoms with Crippen LogP contribution < -0.4 is 0 Å². The average molecular weight is 418 g/mol. The van der Waals surface area contributed by atoms with Gasteiger partial charge in [-0.1, -0.05) is 6.07 Å².